The Bertz CT molecular complexity index is 864. The van der Waals surface area contributed by atoms with Gasteiger partial charge in [0.05, 0.1) is 0 Å². The highest BCUT2D eigenvalue weighted by atomic mass is 16.6. The first-order valence-electron chi connectivity index (χ1n) is 8.11. The van der Waals surface area contributed by atoms with Crippen molar-refractivity contribution >= 4 is 11.9 Å². The number of nitrogens with zero attached hydrogens (tertiary/aromatic N) is 5. The average molecular weight is 353 g/mol. The van der Waals surface area contributed by atoms with Crippen LogP contribution in [0, 0.1) is 6.92 Å². The maximum Gasteiger partial charge on any atom is 0.326 e. The molecule has 0 N–H and O–H groups in total. The number of carbonyl (C=O) groups is 1. The highest BCUT2D eigenvalue weighted by Gasteiger charge is 2.20. The Morgan fingerprint density at radius 2 is 1.88 bits per heavy atom. The smallest absolute Gasteiger partial charge is 0.326 e. The van der Waals surface area contributed by atoms with E-state index in [0.29, 0.717) is 11.8 Å². The minimum absolute atomic E-state index is 0.00725. The van der Waals surface area contributed by atoms with Crippen LogP contribution in [0.4, 0.5) is 5.95 Å². The molecule has 1 unspecified atom stereocenters. The number of aryl methyl sites for hydroxylation is 1. The standard InChI is InChI=1S/C18H19N5O3/c1-12-5-7-14(8-6-12)17-22-21-16(26-17)13(2)25-15(24)11-23(3)18-19-9-4-10-20-18/h4-10,13H,11H2,1-3H3. The van der Waals surface area contributed by atoms with E-state index in [9.17, 15) is 4.79 Å². The summed E-state index contributed by atoms with van der Waals surface area (Å²) in [5.74, 6) is 0.629. The van der Waals surface area contributed by atoms with Crippen LogP contribution in [0.3, 0.4) is 0 Å². The molecule has 0 fully saturated rings. The largest absolute Gasteiger partial charge is 0.451 e. The minimum Gasteiger partial charge on any atom is -0.451 e. The Hall–Kier alpha value is -3.29. The first-order valence-corrected chi connectivity index (χ1v) is 8.11. The molecule has 0 bridgehead atoms. The van der Waals surface area contributed by atoms with Crippen LogP contribution in [-0.2, 0) is 9.53 Å². The van der Waals surface area contributed by atoms with Crippen molar-refractivity contribution < 1.29 is 13.9 Å². The molecule has 0 spiro atoms. The monoisotopic (exact) mass is 353 g/mol. The molecule has 8 nitrogen and oxygen atoms in total. The summed E-state index contributed by atoms with van der Waals surface area (Å²) in [6.45, 7) is 3.69. The molecule has 8 heteroatoms. The van der Waals surface area contributed by atoms with Gasteiger partial charge < -0.3 is 14.1 Å². The predicted octanol–water partition coefficient (Wildman–Crippen LogP) is 2.58. The van der Waals surface area contributed by atoms with Crippen LogP contribution in [0.25, 0.3) is 11.5 Å². The zero-order valence-electron chi connectivity index (χ0n) is 14.8. The van der Waals surface area contributed by atoms with Crippen molar-refractivity contribution in [1.82, 2.24) is 20.2 Å². The molecule has 0 saturated carbocycles. The second kappa shape index (κ2) is 7.73. The van der Waals surface area contributed by atoms with Gasteiger partial charge in [0.25, 0.3) is 5.89 Å². The second-order valence-corrected chi connectivity index (χ2v) is 5.85. The van der Waals surface area contributed by atoms with Crippen molar-refractivity contribution in [2.45, 2.75) is 20.0 Å². The summed E-state index contributed by atoms with van der Waals surface area (Å²) < 4.78 is 11.0. The third-order valence-corrected chi connectivity index (χ3v) is 3.65. The highest BCUT2D eigenvalue weighted by molar-refractivity contribution is 5.75. The lowest BCUT2D eigenvalue weighted by molar-refractivity contribution is -0.147. The lowest BCUT2D eigenvalue weighted by Gasteiger charge is -2.16. The number of hydrogen-bond donors (Lipinski definition) is 0. The van der Waals surface area contributed by atoms with Gasteiger partial charge in [-0.2, -0.15) is 0 Å². The molecule has 0 radical (unpaired) electrons. The van der Waals surface area contributed by atoms with Crippen molar-refractivity contribution in [3.63, 3.8) is 0 Å². The van der Waals surface area contributed by atoms with E-state index in [1.807, 2.05) is 31.2 Å². The number of ether oxygens (including phenoxy) is 1. The zero-order chi connectivity index (χ0) is 18.5. The van der Waals surface area contributed by atoms with Gasteiger partial charge in [-0.1, -0.05) is 17.7 Å². The number of likely N-dealkylation sites (N-methyl/N-ethyl adjacent to an activating group) is 1. The van der Waals surface area contributed by atoms with Crippen LogP contribution in [0.15, 0.2) is 47.1 Å². The fourth-order valence-electron chi connectivity index (χ4n) is 2.25. The SMILES string of the molecule is Cc1ccc(-c2nnc(C(C)OC(=O)CN(C)c3ncccn3)o2)cc1. The zero-order valence-corrected chi connectivity index (χ0v) is 14.8. The second-order valence-electron chi connectivity index (χ2n) is 5.85. The van der Waals surface area contributed by atoms with Crippen molar-refractivity contribution in [2.24, 2.45) is 0 Å². The predicted molar refractivity (Wildman–Crippen MR) is 94.3 cm³/mol. The van der Waals surface area contributed by atoms with E-state index in [2.05, 4.69) is 20.2 Å². The molecule has 0 aliphatic rings. The first kappa shape index (κ1) is 17.5. The minimum atomic E-state index is -0.653. The molecule has 1 atom stereocenters. The van der Waals surface area contributed by atoms with Crippen LogP contribution in [0.2, 0.25) is 0 Å². The normalized spacial score (nSPS) is 11.8. The Labute approximate surface area is 150 Å². The first-order chi connectivity index (χ1) is 12.5. The number of aromatic nitrogens is 4. The Balaban J connectivity index is 1.60. The molecule has 1 aromatic carbocycles. The maximum absolute atomic E-state index is 12.1. The van der Waals surface area contributed by atoms with Crippen molar-refractivity contribution in [3.8, 4) is 11.5 Å². The Morgan fingerprint density at radius 3 is 2.58 bits per heavy atom. The van der Waals surface area contributed by atoms with Crippen LogP contribution in [0.1, 0.15) is 24.5 Å². The van der Waals surface area contributed by atoms with Crippen molar-refractivity contribution in [2.75, 3.05) is 18.5 Å². The molecule has 3 rings (SSSR count). The lowest BCUT2D eigenvalue weighted by Crippen LogP contribution is -2.29. The van der Waals surface area contributed by atoms with Crippen molar-refractivity contribution in [1.29, 1.82) is 0 Å². The molecular formula is C18H19N5O3. The third kappa shape index (κ3) is 4.21. The van der Waals surface area contributed by atoms with Crippen LogP contribution in [-0.4, -0.2) is 39.7 Å². The topological polar surface area (TPSA) is 94.2 Å². The van der Waals surface area contributed by atoms with Crippen LogP contribution < -0.4 is 4.90 Å². The van der Waals surface area contributed by atoms with Gasteiger partial charge in [-0.05, 0) is 32.0 Å². The van der Waals surface area contributed by atoms with Crippen molar-refractivity contribution in [3.05, 3.63) is 54.2 Å². The van der Waals surface area contributed by atoms with Gasteiger partial charge in [-0.15, -0.1) is 10.2 Å². The van der Waals surface area contributed by atoms with Gasteiger partial charge in [0.2, 0.25) is 11.8 Å². The summed E-state index contributed by atoms with van der Waals surface area (Å²) in [6.07, 6.45) is 2.56. The number of rotatable bonds is 6. The van der Waals surface area contributed by atoms with E-state index in [4.69, 9.17) is 9.15 Å². The maximum atomic E-state index is 12.1. The molecule has 0 saturated heterocycles. The van der Waals surface area contributed by atoms with E-state index in [1.54, 1.807) is 37.3 Å². The molecule has 3 aromatic rings. The molecule has 0 aliphatic carbocycles. The van der Waals surface area contributed by atoms with Gasteiger partial charge in [-0.25, -0.2) is 9.97 Å². The van der Waals surface area contributed by atoms with E-state index in [0.717, 1.165) is 11.1 Å². The molecule has 2 heterocycles. The number of carbonyl (C=O) groups excluding carboxylic acids is 1. The Morgan fingerprint density at radius 1 is 1.19 bits per heavy atom. The fourth-order valence-corrected chi connectivity index (χ4v) is 2.25. The molecule has 0 amide bonds. The van der Waals surface area contributed by atoms with E-state index < -0.39 is 12.1 Å². The van der Waals surface area contributed by atoms with E-state index in [1.165, 1.54) is 0 Å². The van der Waals surface area contributed by atoms with Gasteiger partial charge in [0.15, 0.2) is 6.10 Å². The molecular weight excluding hydrogens is 334 g/mol. The van der Waals surface area contributed by atoms with Gasteiger partial charge in [0, 0.05) is 25.0 Å². The number of esters is 1. The summed E-state index contributed by atoms with van der Waals surface area (Å²) in [5.41, 5.74) is 1.95. The summed E-state index contributed by atoms with van der Waals surface area (Å²) in [4.78, 5) is 21.9. The number of benzene rings is 1. The summed E-state index contributed by atoms with van der Waals surface area (Å²) in [6, 6.07) is 9.43. The molecule has 0 aliphatic heterocycles. The summed E-state index contributed by atoms with van der Waals surface area (Å²) in [5, 5.41) is 7.99. The average Bonchev–Trinajstić information content (AvgIpc) is 3.13. The summed E-state index contributed by atoms with van der Waals surface area (Å²) >= 11 is 0. The number of hydrogen-bond acceptors (Lipinski definition) is 8. The van der Waals surface area contributed by atoms with Gasteiger partial charge >= 0.3 is 5.97 Å². The highest BCUT2D eigenvalue weighted by Crippen LogP contribution is 2.22. The Kier molecular flexibility index (Phi) is 5.21. The third-order valence-electron chi connectivity index (χ3n) is 3.65. The lowest BCUT2D eigenvalue weighted by atomic mass is 10.1. The van der Waals surface area contributed by atoms with E-state index >= 15 is 0 Å². The quantitative estimate of drug-likeness (QED) is 0.624. The van der Waals surface area contributed by atoms with Gasteiger partial charge in [0.1, 0.15) is 6.54 Å². The molecule has 2 aromatic heterocycles. The number of anilines is 1. The molecule has 134 valence electrons. The van der Waals surface area contributed by atoms with Crippen LogP contribution >= 0.6 is 0 Å². The summed E-state index contributed by atoms with van der Waals surface area (Å²) in [7, 11) is 1.71. The van der Waals surface area contributed by atoms with E-state index in [-0.39, 0.29) is 12.4 Å². The van der Waals surface area contributed by atoms with Crippen LogP contribution in [0.5, 0.6) is 0 Å². The van der Waals surface area contributed by atoms with Gasteiger partial charge in [-0.3, -0.25) is 4.79 Å². The molecule has 26 heavy (non-hydrogen) atoms. The fraction of sp³-hybridized carbons (Fsp3) is 0.278.